The highest BCUT2D eigenvalue weighted by Gasteiger charge is 2.30. The van der Waals surface area contributed by atoms with Gasteiger partial charge in [0.2, 0.25) is 0 Å². The molecule has 1 aromatic rings. The van der Waals surface area contributed by atoms with E-state index in [9.17, 15) is 4.79 Å². The number of nitrogens with zero attached hydrogens (tertiary/aromatic N) is 1. The molecule has 1 aliphatic rings. The van der Waals surface area contributed by atoms with Crippen LogP contribution in [-0.4, -0.2) is 36.2 Å². The molecule has 1 saturated heterocycles. The van der Waals surface area contributed by atoms with E-state index < -0.39 is 5.97 Å². The van der Waals surface area contributed by atoms with E-state index in [0.29, 0.717) is 6.54 Å². The van der Waals surface area contributed by atoms with Gasteiger partial charge in [-0.2, -0.15) is 0 Å². The summed E-state index contributed by atoms with van der Waals surface area (Å²) in [6.45, 7) is 3.69. The van der Waals surface area contributed by atoms with E-state index in [1.165, 1.54) is 0 Å². The number of hydrogen-bond donors (Lipinski definition) is 2. The molecule has 0 radical (unpaired) electrons. The highest BCUT2D eigenvalue weighted by molar-refractivity contribution is 9.10. The molecule has 1 fully saturated rings. The fourth-order valence-corrected chi connectivity index (χ4v) is 2.97. The van der Waals surface area contributed by atoms with Crippen LogP contribution in [-0.2, 0) is 4.79 Å². The first-order valence-electron chi connectivity index (χ1n) is 6.05. The van der Waals surface area contributed by atoms with Crippen LogP contribution in [0.1, 0.15) is 13.3 Å². The third-order valence-corrected chi connectivity index (χ3v) is 3.90. The second kappa shape index (κ2) is 5.71. The van der Waals surface area contributed by atoms with E-state index in [1.807, 2.05) is 24.3 Å². The number of benzene rings is 1. The van der Waals surface area contributed by atoms with Crippen molar-refractivity contribution in [2.24, 2.45) is 0 Å². The van der Waals surface area contributed by atoms with Gasteiger partial charge in [0, 0.05) is 23.6 Å². The van der Waals surface area contributed by atoms with E-state index in [0.717, 1.165) is 16.7 Å². The molecule has 2 atom stereocenters. The Morgan fingerprint density at radius 2 is 2.22 bits per heavy atom. The average molecular weight is 313 g/mol. The largest absolute Gasteiger partial charge is 0.481 e. The van der Waals surface area contributed by atoms with Gasteiger partial charge in [0.15, 0.2) is 0 Å². The fourth-order valence-electron chi connectivity index (χ4n) is 2.48. The van der Waals surface area contributed by atoms with Crippen LogP contribution in [0.4, 0.5) is 5.69 Å². The molecule has 5 heteroatoms. The van der Waals surface area contributed by atoms with Crippen molar-refractivity contribution < 1.29 is 9.90 Å². The van der Waals surface area contributed by atoms with Crippen molar-refractivity contribution in [3.05, 3.63) is 28.7 Å². The van der Waals surface area contributed by atoms with Crippen molar-refractivity contribution in [3.8, 4) is 0 Å². The molecule has 4 nitrogen and oxygen atoms in total. The van der Waals surface area contributed by atoms with Crippen molar-refractivity contribution in [1.82, 2.24) is 5.32 Å². The minimum atomic E-state index is -0.757. The molecule has 0 aromatic heterocycles. The summed E-state index contributed by atoms with van der Waals surface area (Å²) >= 11 is 3.54. The van der Waals surface area contributed by atoms with Gasteiger partial charge in [-0.05, 0) is 35.0 Å². The first kappa shape index (κ1) is 13.4. The lowest BCUT2D eigenvalue weighted by Gasteiger charge is -2.42. The van der Waals surface area contributed by atoms with Gasteiger partial charge in [-0.3, -0.25) is 4.79 Å². The zero-order chi connectivity index (χ0) is 13.1. The Morgan fingerprint density at radius 3 is 2.89 bits per heavy atom. The first-order chi connectivity index (χ1) is 8.59. The van der Waals surface area contributed by atoms with Crippen LogP contribution in [0.25, 0.3) is 0 Å². The number of para-hydroxylation sites is 1. The number of carboxylic acid groups (broad SMARTS) is 1. The van der Waals surface area contributed by atoms with E-state index in [-0.39, 0.29) is 18.5 Å². The van der Waals surface area contributed by atoms with Gasteiger partial charge in [-0.15, -0.1) is 0 Å². The van der Waals surface area contributed by atoms with Crippen molar-refractivity contribution in [1.29, 1.82) is 0 Å². The summed E-state index contributed by atoms with van der Waals surface area (Å²) in [4.78, 5) is 13.2. The van der Waals surface area contributed by atoms with Gasteiger partial charge < -0.3 is 15.3 Å². The van der Waals surface area contributed by atoms with Gasteiger partial charge in [-0.25, -0.2) is 0 Å². The monoisotopic (exact) mass is 312 g/mol. The Hall–Kier alpha value is -1.07. The summed E-state index contributed by atoms with van der Waals surface area (Å²) in [5.74, 6) is -0.757. The zero-order valence-electron chi connectivity index (χ0n) is 10.3. The Balaban J connectivity index is 2.30. The molecule has 1 heterocycles. The summed E-state index contributed by atoms with van der Waals surface area (Å²) in [5, 5.41) is 12.3. The van der Waals surface area contributed by atoms with Crippen LogP contribution < -0.4 is 10.2 Å². The third kappa shape index (κ3) is 2.84. The molecule has 18 heavy (non-hydrogen) atoms. The molecule has 0 saturated carbocycles. The number of piperazine rings is 1. The van der Waals surface area contributed by atoms with Gasteiger partial charge in [-0.1, -0.05) is 12.1 Å². The molecule has 0 aliphatic carbocycles. The lowest BCUT2D eigenvalue weighted by molar-refractivity contribution is -0.137. The third-order valence-electron chi connectivity index (χ3n) is 3.23. The van der Waals surface area contributed by atoms with E-state index in [4.69, 9.17) is 5.11 Å². The Kier molecular flexibility index (Phi) is 4.24. The smallest absolute Gasteiger partial charge is 0.305 e. The Bertz CT molecular complexity index is 439. The Labute approximate surface area is 115 Å². The van der Waals surface area contributed by atoms with Crippen molar-refractivity contribution >= 4 is 27.6 Å². The molecule has 1 aliphatic heterocycles. The quantitative estimate of drug-likeness (QED) is 0.897. The summed E-state index contributed by atoms with van der Waals surface area (Å²) in [5.41, 5.74) is 1.07. The number of rotatable bonds is 3. The predicted octanol–water partition coefficient (Wildman–Crippen LogP) is 2.09. The van der Waals surface area contributed by atoms with Crippen LogP contribution >= 0.6 is 15.9 Å². The highest BCUT2D eigenvalue weighted by atomic mass is 79.9. The van der Waals surface area contributed by atoms with Gasteiger partial charge >= 0.3 is 5.97 Å². The van der Waals surface area contributed by atoms with Crippen LogP contribution in [0.3, 0.4) is 0 Å². The van der Waals surface area contributed by atoms with Gasteiger partial charge in [0.05, 0.1) is 18.2 Å². The molecule has 2 rings (SSSR count). The average Bonchev–Trinajstić information content (AvgIpc) is 2.30. The SMILES string of the molecule is CC1CNCC(CC(=O)O)N1c1ccccc1Br. The number of anilines is 1. The summed E-state index contributed by atoms with van der Waals surface area (Å²) < 4.78 is 1.01. The zero-order valence-corrected chi connectivity index (χ0v) is 11.9. The fraction of sp³-hybridized carbons (Fsp3) is 0.462. The van der Waals surface area contributed by atoms with Gasteiger partial charge in [0.25, 0.3) is 0 Å². The maximum absolute atomic E-state index is 11.0. The summed E-state index contributed by atoms with van der Waals surface area (Å²) in [6.07, 6.45) is 0.151. The van der Waals surface area contributed by atoms with Gasteiger partial charge in [0.1, 0.15) is 0 Å². The van der Waals surface area contributed by atoms with Crippen LogP contribution in [0.5, 0.6) is 0 Å². The maximum atomic E-state index is 11.0. The van der Waals surface area contributed by atoms with Crippen LogP contribution in [0, 0.1) is 0 Å². The number of nitrogens with one attached hydrogen (secondary N) is 1. The summed E-state index contributed by atoms with van der Waals surface area (Å²) in [6, 6.07) is 8.23. The standard InChI is InChI=1S/C13H17BrN2O2/c1-9-7-15-8-10(6-13(17)18)16(9)12-5-3-2-4-11(12)14/h2-5,9-10,15H,6-8H2,1H3,(H,17,18). The molecule has 0 spiro atoms. The minimum Gasteiger partial charge on any atom is -0.481 e. The topological polar surface area (TPSA) is 52.6 Å². The maximum Gasteiger partial charge on any atom is 0.305 e. The summed E-state index contributed by atoms with van der Waals surface area (Å²) in [7, 11) is 0. The lowest BCUT2D eigenvalue weighted by atomic mass is 10.0. The normalized spacial score (nSPS) is 24.0. The van der Waals surface area contributed by atoms with E-state index in [1.54, 1.807) is 0 Å². The number of aliphatic carboxylic acids is 1. The van der Waals surface area contributed by atoms with E-state index in [2.05, 4.69) is 33.1 Å². The van der Waals surface area contributed by atoms with Crippen LogP contribution in [0.2, 0.25) is 0 Å². The molecule has 0 amide bonds. The molecule has 98 valence electrons. The molecular formula is C13H17BrN2O2. The molecular weight excluding hydrogens is 296 g/mol. The highest BCUT2D eigenvalue weighted by Crippen LogP contribution is 2.30. The molecule has 0 bridgehead atoms. The minimum absolute atomic E-state index is 0.00931. The van der Waals surface area contributed by atoms with Crippen molar-refractivity contribution in [2.75, 3.05) is 18.0 Å². The molecule has 2 N–H and O–H groups in total. The number of hydrogen-bond acceptors (Lipinski definition) is 3. The van der Waals surface area contributed by atoms with E-state index >= 15 is 0 Å². The predicted molar refractivity (Wildman–Crippen MR) is 75.0 cm³/mol. The van der Waals surface area contributed by atoms with Crippen LogP contribution in [0.15, 0.2) is 28.7 Å². The number of carbonyl (C=O) groups is 1. The first-order valence-corrected chi connectivity index (χ1v) is 6.84. The van der Waals surface area contributed by atoms with Crippen molar-refractivity contribution in [3.63, 3.8) is 0 Å². The molecule has 1 aromatic carbocycles. The van der Waals surface area contributed by atoms with Crippen molar-refractivity contribution in [2.45, 2.75) is 25.4 Å². The Morgan fingerprint density at radius 1 is 1.50 bits per heavy atom. The lowest BCUT2D eigenvalue weighted by Crippen LogP contribution is -2.57. The molecule has 2 unspecified atom stereocenters. The second-order valence-electron chi connectivity index (χ2n) is 4.62. The number of carboxylic acids is 1. The second-order valence-corrected chi connectivity index (χ2v) is 5.47. The number of halogens is 1.